The Kier molecular flexibility index (Phi) is 3.12. The smallest absolute Gasteiger partial charge is 0.0710 e. The Morgan fingerprint density at radius 2 is 2.50 bits per heavy atom. The largest absolute Gasteiger partial charge is 0.316 e. The van der Waals surface area contributed by atoms with E-state index in [0.29, 0.717) is 0 Å². The van der Waals surface area contributed by atoms with E-state index in [9.17, 15) is 0 Å². The summed E-state index contributed by atoms with van der Waals surface area (Å²) in [6, 6.07) is 4.31. The van der Waals surface area contributed by atoms with Gasteiger partial charge in [-0.15, -0.1) is 23.1 Å². The van der Waals surface area contributed by atoms with Gasteiger partial charge in [0.25, 0.3) is 0 Å². The van der Waals surface area contributed by atoms with Crippen LogP contribution < -0.4 is 5.32 Å². The number of nitrogens with one attached hydrogen (secondary N) is 1. The molecule has 2 heterocycles. The van der Waals surface area contributed by atoms with Crippen LogP contribution >= 0.6 is 39.0 Å². The van der Waals surface area contributed by atoms with Crippen LogP contribution in [0.25, 0.3) is 0 Å². The third-order valence-corrected chi connectivity index (χ3v) is 4.91. The number of halogens is 1. The Bertz CT molecular complexity index is 255. The highest BCUT2D eigenvalue weighted by Crippen LogP contribution is 2.34. The van der Waals surface area contributed by atoms with Crippen molar-refractivity contribution >= 4 is 39.0 Å². The lowest BCUT2D eigenvalue weighted by Crippen LogP contribution is -2.09. The molecule has 1 saturated heterocycles. The summed E-state index contributed by atoms with van der Waals surface area (Å²) in [5, 5.41) is 4.16. The zero-order valence-corrected chi connectivity index (χ0v) is 9.77. The first kappa shape index (κ1) is 9.06. The maximum atomic E-state index is 3.47. The summed E-state index contributed by atoms with van der Waals surface area (Å²) < 4.78 is 2.66. The lowest BCUT2D eigenvalue weighted by Gasteiger charge is -2.03. The molecule has 1 unspecified atom stereocenters. The van der Waals surface area contributed by atoms with Crippen LogP contribution in [-0.2, 0) is 0 Å². The molecule has 1 nitrogen and oxygen atoms in total. The van der Waals surface area contributed by atoms with Gasteiger partial charge >= 0.3 is 0 Å². The van der Waals surface area contributed by atoms with Crippen molar-refractivity contribution in [2.45, 2.75) is 15.9 Å². The minimum atomic E-state index is 0.788. The van der Waals surface area contributed by atoms with E-state index in [2.05, 4.69) is 33.4 Å². The van der Waals surface area contributed by atoms with E-state index in [-0.39, 0.29) is 0 Å². The van der Waals surface area contributed by atoms with Crippen molar-refractivity contribution in [2.75, 3.05) is 13.1 Å². The van der Waals surface area contributed by atoms with Gasteiger partial charge in [0.1, 0.15) is 0 Å². The Morgan fingerprint density at radius 3 is 3.08 bits per heavy atom. The molecular formula is C8H10BrNS2. The van der Waals surface area contributed by atoms with Gasteiger partial charge in [0.15, 0.2) is 0 Å². The molecule has 1 aliphatic rings. The van der Waals surface area contributed by atoms with Gasteiger partial charge in [0.05, 0.1) is 8.00 Å². The summed E-state index contributed by atoms with van der Waals surface area (Å²) in [5.74, 6) is 0. The average Bonchev–Trinajstić information content (AvgIpc) is 2.63. The van der Waals surface area contributed by atoms with E-state index >= 15 is 0 Å². The highest BCUT2D eigenvalue weighted by Gasteiger charge is 2.15. The standard InChI is InChI=1S/C8H10BrNS2/c9-7-1-2-8(12-7)11-6-3-4-10-5-6/h1-2,6,10H,3-5H2. The van der Waals surface area contributed by atoms with Crippen LogP contribution in [0, 0.1) is 0 Å². The topological polar surface area (TPSA) is 12.0 Å². The first-order chi connectivity index (χ1) is 5.84. The normalized spacial score (nSPS) is 23.2. The van der Waals surface area contributed by atoms with E-state index < -0.39 is 0 Å². The number of thioether (sulfide) groups is 1. The van der Waals surface area contributed by atoms with Gasteiger partial charge in [-0.3, -0.25) is 0 Å². The van der Waals surface area contributed by atoms with E-state index in [1.807, 2.05) is 23.1 Å². The second-order valence-corrected chi connectivity index (χ2v) is 6.85. The van der Waals surface area contributed by atoms with Crippen LogP contribution in [0.3, 0.4) is 0 Å². The molecule has 0 saturated carbocycles. The molecule has 0 bridgehead atoms. The van der Waals surface area contributed by atoms with Crippen molar-refractivity contribution in [2.24, 2.45) is 0 Å². The van der Waals surface area contributed by atoms with Gasteiger partial charge in [0.2, 0.25) is 0 Å². The van der Waals surface area contributed by atoms with Gasteiger partial charge < -0.3 is 5.32 Å². The molecule has 0 spiro atoms. The van der Waals surface area contributed by atoms with Crippen LogP contribution in [-0.4, -0.2) is 18.3 Å². The van der Waals surface area contributed by atoms with Crippen molar-refractivity contribution in [1.82, 2.24) is 5.32 Å². The second kappa shape index (κ2) is 4.13. The maximum Gasteiger partial charge on any atom is 0.0710 e. The lowest BCUT2D eigenvalue weighted by atomic mass is 10.4. The summed E-state index contributed by atoms with van der Waals surface area (Å²) >= 11 is 7.30. The van der Waals surface area contributed by atoms with Crippen LogP contribution in [0.1, 0.15) is 6.42 Å². The molecule has 0 aliphatic carbocycles. The quantitative estimate of drug-likeness (QED) is 0.881. The second-order valence-electron chi connectivity index (χ2n) is 2.79. The first-order valence-corrected chi connectivity index (χ1v) is 6.46. The number of hydrogen-bond acceptors (Lipinski definition) is 3. The number of rotatable bonds is 2. The van der Waals surface area contributed by atoms with Crippen LogP contribution in [0.2, 0.25) is 0 Å². The van der Waals surface area contributed by atoms with Crippen molar-refractivity contribution in [3.8, 4) is 0 Å². The minimum absolute atomic E-state index is 0.788. The number of hydrogen-bond donors (Lipinski definition) is 1. The zero-order chi connectivity index (χ0) is 8.39. The highest BCUT2D eigenvalue weighted by molar-refractivity contribution is 9.11. The molecule has 1 fully saturated rings. The fourth-order valence-electron chi connectivity index (χ4n) is 1.25. The Labute approximate surface area is 89.1 Å². The van der Waals surface area contributed by atoms with Crippen LogP contribution in [0.5, 0.6) is 0 Å². The molecule has 12 heavy (non-hydrogen) atoms. The molecule has 1 aromatic rings. The van der Waals surface area contributed by atoms with Gasteiger partial charge in [-0.25, -0.2) is 0 Å². The monoisotopic (exact) mass is 263 g/mol. The van der Waals surface area contributed by atoms with Gasteiger partial charge in [-0.2, -0.15) is 0 Å². The molecule has 0 radical (unpaired) electrons. The third kappa shape index (κ3) is 2.25. The van der Waals surface area contributed by atoms with Gasteiger partial charge in [-0.05, 0) is 41.0 Å². The van der Waals surface area contributed by atoms with Crippen molar-refractivity contribution in [1.29, 1.82) is 0 Å². The molecule has 2 rings (SSSR count). The molecule has 1 aliphatic heterocycles. The summed E-state index contributed by atoms with van der Waals surface area (Å²) in [6.45, 7) is 2.35. The lowest BCUT2D eigenvalue weighted by molar-refractivity contribution is 0.858. The molecule has 1 N–H and O–H groups in total. The minimum Gasteiger partial charge on any atom is -0.316 e. The fourth-order valence-corrected chi connectivity index (χ4v) is 4.48. The maximum absolute atomic E-state index is 3.47. The molecule has 66 valence electrons. The summed E-state index contributed by atoms with van der Waals surface area (Å²) in [5.41, 5.74) is 0. The average molecular weight is 264 g/mol. The van der Waals surface area contributed by atoms with E-state index in [1.165, 1.54) is 27.5 Å². The molecule has 4 heteroatoms. The Balaban J connectivity index is 1.94. The SMILES string of the molecule is Brc1ccc(SC2CCNC2)s1. The van der Waals surface area contributed by atoms with Crippen LogP contribution in [0.15, 0.2) is 20.1 Å². The van der Waals surface area contributed by atoms with Crippen molar-refractivity contribution in [3.05, 3.63) is 15.9 Å². The summed E-state index contributed by atoms with van der Waals surface area (Å²) in [6.07, 6.45) is 1.31. The van der Waals surface area contributed by atoms with Gasteiger partial charge in [0, 0.05) is 11.8 Å². The molecule has 1 atom stereocenters. The van der Waals surface area contributed by atoms with Gasteiger partial charge in [-0.1, -0.05) is 0 Å². The third-order valence-electron chi connectivity index (χ3n) is 1.85. The Hall–Kier alpha value is 0.490. The van der Waals surface area contributed by atoms with Crippen molar-refractivity contribution < 1.29 is 0 Å². The Morgan fingerprint density at radius 1 is 1.58 bits per heavy atom. The predicted molar refractivity (Wildman–Crippen MR) is 59.2 cm³/mol. The molecular weight excluding hydrogens is 254 g/mol. The molecule has 0 aromatic carbocycles. The van der Waals surface area contributed by atoms with E-state index in [1.54, 1.807) is 0 Å². The molecule has 0 amide bonds. The fraction of sp³-hybridized carbons (Fsp3) is 0.500. The zero-order valence-electron chi connectivity index (χ0n) is 6.55. The summed E-state index contributed by atoms with van der Waals surface area (Å²) in [4.78, 5) is 0. The van der Waals surface area contributed by atoms with E-state index in [0.717, 1.165) is 5.25 Å². The highest BCUT2D eigenvalue weighted by atomic mass is 79.9. The number of thiophene rings is 1. The first-order valence-electron chi connectivity index (χ1n) is 3.97. The molecule has 1 aromatic heterocycles. The van der Waals surface area contributed by atoms with Crippen molar-refractivity contribution in [3.63, 3.8) is 0 Å². The summed E-state index contributed by atoms with van der Waals surface area (Å²) in [7, 11) is 0. The predicted octanol–water partition coefficient (Wildman–Crippen LogP) is 2.96. The van der Waals surface area contributed by atoms with E-state index in [4.69, 9.17) is 0 Å². The van der Waals surface area contributed by atoms with Crippen LogP contribution in [0.4, 0.5) is 0 Å².